The highest BCUT2D eigenvalue weighted by Gasteiger charge is 2.44. The zero-order valence-corrected chi connectivity index (χ0v) is 18.6. The second-order valence-corrected chi connectivity index (χ2v) is 11.2. The minimum Gasteiger partial charge on any atom is -0.440 e. The number of nitrogens with one attached hydrogen (secondary N) is 1. The van der Waals surface area contributed by atoms with Gasteiger partial charge in [-0.25, -0.2) is 18.4 Å². The molecule has 2 aliphatic carbocycles. The summed E-state index contributed by atoms with van der Waals surface area (Å²) in [7, 11) is -3.51. The molecule has 2 saturated carbocycles. The molecule has 12 heteroatoms. The number of furan rings is 1. The van der Waals surface area contributed by atoms with Gasteiger partial charge < -0.3 is 25.6 Å². The SMILES string of the molecule is N[C@]1(NC(=O)c2ccc(S(=O)(=O)C3CC3)o2)CC[C@](N)(c2nc3cc(Cl)cnc3o2)CC1. The van der Waals surface area contributed by atoms with Crippen molar-refractivity contribution in [3.8, 4) is 0 Å². The highest BCUT2D eigenvalue weighted by molar-refractivity contribution is 7.92. The van der Waals surface area contributed by atoms with E-state index in [2.05, 4.69) is 15.3 Å². The van der Waals surface area contributed by atoms with E-state index < -0.39 is 32.2 Å². The number of carbonyl (C=O) groups is 1. The van der Waals surface area contributed by atoms with Crippen molar-refractivity contribution in [2.24, 2.45) is 11.5 Å². The van der Waals surface area contributed by atoms with Gasteiger partial charge in [-0.05, 0) is 56.7 Å². The predicted molar refractivity (Wildman–Crippen MR) is 114 cm³/mol. The molecule has 2 aliphatic rings. The van der Waals surface area contributed by atoms with Gasteiger partial charge in [-0.3, -0.25) is 4.79 Å². The molecule has 0 atom stereocenters. The molecule has 5 rings (SSSR count). The summed E-state index contributed by atoms with van der Waals surface area (Å²) in [6, 6.07) is 4.31. The molecule has 1 amide bonds. The summed E-state index contributed by atoms with van der Waals surface area (Å²) in [5.41, 5.74) is 11.9. The summed E-state index contributed by atoms with van der Waals surface area (Å²) in [5, 5.41) is 2.60. The van der Waals surface area contributed by atoms with Crippen molar-refractivity contribution in [1.29, 1.82) is 0 Å². The highest BCUT2D eigenvalue weighted by atomic mass is 35.5. The van der Waals surface area contributed by atoms with E-state index in [1.54, 1.807) is 6.07 Å². The molecule has 3 aromatic rings. The lowest BCUT2D eigenvalue weighted by molar-refractivity contribution is 0.0795. The lowest BCUT2D eigenvalue weighted by Crippen LogP contribution is -2.60. The number of pyridine rings is 1. The first-order valence-corrected chi connectivity index (χ1v) is 12.2. The fourth-order valence-electron chi connectivity index (χ4n) is 3.92. The Bertz CT molecular complexity index is 1300. The molecule has 0 saturated heterocycles. The van der Waals surface area contributed by atoms with Gasteiger partial charge in [0.2, 0.25) is 26.5 Å². The van der Waals surface area contributed by atoms with Crippen molar-refractivity contribution in [1.82, 2.24) is 15.3 Å². The fraction of sp³-hybridized carbons (Fsp3) is 0.450. The molecule has 10 nitrogen and oxygen atoms in total. The standard InChI is InChI=1S/C20H22ClN5O5S/c21-11-9-13-17(24-10-11)31-18(25-13)19(22)5-7-20(23,8-6-19)26-16(27)14-3-4-15(30-14)32(28,29)12-1-2-12/h3-4,9-10,12H,1-2,5-8,22-23H2,(H,26,27)/t19-,20+. The van der Waals surface area contributed by atoms with E-state index >= 15 is 0 Å². The maximum absolute atomic E-state index is 12.7. The summed E-state index contributed by atoms with van der Waals surface area (Å²) in [6.45, 7) is 0. The van der Waals surface area contributed by atoms with Crippen LogP contribution in [0.15, 0.2) is 38.3 Å². The molecule has 3 heterocycles. The Hall–Kier alpha value is -2.47. The van der Waals surface area contributed by atoms with Gasteiger partial charge in [-0.1, -0.05) is 11.6 Å². The van der Waals surface area contributed by atoms with Crippen molar-refractivity contribution in [2.75, 3.05) is 0 Å². The first-order valence-electron chi connectivity index (χ1n) is 10.2. The summed E-state index contributed by atoms with van der Waals surface area (Å²) >= 11 is 5.96. The van der Waals surface area contributed by atoms with E-state index in [1.165, 1.54) is 18.3 Å². The fourth-order valence-corrected chi connectivity index (χ4v) is 5.62. The van der Waals surface area contributed by atoms with Crippen LogP contribution < -0.4 is 16.8 Å². The van der Waals surface area contributed by atoms with Crippen LogP contribution in [0.4, 0.5) is 0 Å². The zero-order valence-electron chi connectivity index (χ0n) is 17.0. The average molecular weight is 480 g/mol. The van der Waals surface area contributed by atoms with Crippen LogP contribution in [-0.2, 0) is 15.4 Å². The Morgan fingerprint density at radius 2 is 1.88 bits per heavy atom. The quantitative estimate of drug-likeness (QED) is 0.464. The Kier molecular flexibility index (Phi) is 4.86. The number of hydrogen-bond donors (Lipinski definition) is 3. The van der Waals surface area contributed by atoms with Gasteiger partial charge in [0.1, 0.15) is 5.52 Å². The monoisotopic (exact) mass is 479 g/mol. The third-order valence-corrected chi connectivity index (χ3v) is 8.42. The number of amides is 1. The molecule has 0 spiro atoms. The topological polar surface area (TPSA) is 167 Å². The summed E-state index contributed by atoms with van der Waals surface area (Å²) in [5.74, 6) is -0.327. The molecule has 0 bridgehead atoms. The molecule has 0 aromatic carbocycles. The van der Waals surface area contributed by atoms with Gasteiger partial charge >= 0.3 is 0 Å². The van der Waals surface area contributed by atoms with E-state index in [9.17, 15) is 13.2 Å². The van der Waals surface area contributed by atoms with Gasteiger partial charge in [-0.2, -0.15) is 0 Å². The molecule has 5 N–H and O–H groups in total. The Morgan fingerprint density at radius 3 is 2.56 bits per heavy atom. The van der Waals surface area contributed by atoms with Crippen molar-refractivity contribution in [3.05, 3.63) is 41.1 Å². The van der Waals surface area contributed by atoms with E-state index in [1.807, 2.05) is 0 Å². The minimum atomic E-state index is -3.51. The molecule has 0 radical (unpaired) electrons. The number of carbonyl (C=O) groups excluding carboxylic acids is 1. The summed E-state index contributed by atoms with van der Waals surface area (Å²) in [6.07, 6.45) is 4.22. The number of hydrogen-bond acceptors (Lipinski definition) is 9. The summed E-state index contributed by atoms with van der Waals surface area (Å²) < 4.78 is 35.6. The molecule has 0 aliphatic heterocycles. The molecular weight excluding hydrogens is 458 g/mol. The van der Waals surface area contributed by atoms with Gasteiger partial charge in [0.25, 0.3) is 5.91 Å². The molecular formula is C20H22ClN5O5S. The minimum absolute atomic E-state index is 0.0967. The molecule has 170 valence electrons. The lowest BCUT2D eigenvalue weighted by Gasteiger charge is -2.41. The number of nitrogens with zero attached hydrogens (tertiary/aromatic N) is 2. The second-order valence-electron chi connectivity index (χ2n) is 8.63. The van der Waals surface area contributed by atoms with Crippen LogP contribution in [-0.4, -0.2) is 35.2 Å². The smallest absolute Gasteiger partial charge is 0.288 e. The zero-order chi connectivity index (χ0) is 22.7. The summed E-state index contributed by atoms with van der Waals surface area (Å²) in [4.78, 5) is 21.2. The first kappa shape index (κ1) is 21.4. The van der Waals surface area contributed by atoms with Crippen LogP contribution in [0.3, 0.4) is 0 Å². The Balaban J connectivity index is 1.27. The number of aromatic nitrogens is 2. The van der Waals surface area contributed by atoms with Crippen LogP contribution in [0, 0.1) is 0 Å². The van der Waals surface area contributed by atoms with Crippen LogP contribution in [0.2, 0.25) is 5.02 Å². The number of sulfone groups is 1. The van der Waals surface area contributed by atoms with Gasteiger partial charge in [0.05, 0.1) is 21.5 Å². The maximum Gasteiger partial charge on any atom is 0.288 e. The molecule has 0 unspecified atom stereocenters. The van der Waals surface area contributed by atoms with E-state index in [4.69, 9.17) is 31.9 Å². The third kappa shape index (κ3) is 3.79. The van der Waals surface area contributed by atoms with E-state index in [-0.39, 0.29) is 10.9 Å². The first-order chi connectivity index (χ1) is 15.1. The van der Waals surface area contributed by atoms with Gasteiger partial charge in [0, 0.05) is 6.20 Å². The second kappa shape index (κ2) is 7.27. The Morgan fingerprint density at radius 1 is 1.16 bits per heavy atom. The number of halogens is 1. The third-order valence-electron chi connectivity index (χ3n) is 6.09. The maximum atomic E-state index is 12.7. The number of fused-ring (bicyclic) bond motifs is 1. The van der Waals surface area contributed by atoms with E-state index in [0.29, 0.717) is 60.7 Å². The van der Waals surface area contributed by atoms with Crippen LogP contribution in [0.1, 0.15) is 55.0 Å². The largest absolute Gasteiger partial charge is 0.440 e. The van der Waals surface area contributed by atoms with Crippen LogP contribution in [0.5, 0.6) is 0 Å². The number of nitrogens with two attached hydrogens (primary N) is 2. The lowest BCUT2D eigenvalue weighted by atomic mass is 9.77. The van der Waals surface area contributed by atoms with Gasteiger partial charge in [0.15, 0.2) is 5.76 Å². The average Bonchev–Trinajstić information content (AvgIpc) is 3.33. The molecule has 32 heavy (non-hydrogen) atoms. The number of oxazole rings is 1. The number of rotatable bonds is 5. The Labute approximate surface area is 188 Å². The normalized spacial score (nSPS) is 26.3. The van der Waals surface area contributed by atoms with Crippen molar-refractivity contribution < 1.29 is 22.0 Å². The van der Waals surface area contributed by atoms with Gasteiger partial charge in [-0.15, -0.1) is 0 Å². The highest BCUT2D eigenvalue weighted by Crippen LogP contribution is 2.39. The van der Waals surface area contributed by atoms with Crippen LogP contribution in [0.25, 0.3) is 11.2 Å². The van der Waals surface area contributed by atoms with Crippen LogP contribution >= 0.6 is 11.6 Å². The van der Waals surface area contributed by atoms with E-state index in [0.717, 1.165) is 0 Å². The van der Waals surface area contributed by atoms with Crippen molar-refractivity contribution >= 4 is 38.6 Å². The molecule has 3 aromatic heterocycles. The van der Waals surface area contributed by atoms with Crippen molar-refractivity contribution in [3.63, 3.8) is 0 Å². The predicted octanol–water partition coefficient (Wildman–Crippen LogP) is 2.22. The molecule has 2 fully saturated rings. The van der Waals surface area contributed by atoms with Crippen molar-refractivity contribution in [2.45, 2.75) is 60.1 Å².